The second-order valence-corrected chi connectivity index (χ2v) is 29.0. The van der Waals surface area contributed by atoms with Gasteiger partial charge in [0.25, 0.3) is 0 Å². The van der Waals surface area contributed by atoms with Crippen molar-refractivity contribution in [1.29, 1.82) is 0 Å². The first-order valence-corrected chi connectivity index (χ1v) is 36.8. The van der Waals surface area contributed by atoms with E-state index in [0.717, 1.165) is 62.2 Å². The van der Waals surface area contributed by atoms with Gasteiger partial charge in [-0.15, -0.1) is 177 Å². The van der Waals surface area contributed by atoms with Crippen molar-refractivity contribution in [2.75, 3.05) is 0 Å². The quantitative estimate of drug-likeness (QED) is 0.108. The Labute approximate surface area is 726 Å². The molecule has 2 aliphatic rings. The number of pyridine rings is 5. The summed E-state index contributed by atoms with van der Waals surface area (Å²) in [6.07, 6.45) is 14.8. The maximum Gasteiger partial charge on any atom is 0.0198 e. The largest absolute Gasteiger partial charge is 0.305 e. The van der Waals surface area contributed by atoms with Crippen molar-refractivity contribution in [1.82, 2.24) is 24.9 Å². The van der Waals surface area contributed by atoms with Crippen molar-refractivity contribution < 1.29 is 101 Å². The van der Waals surface area contributed by atoms with Crippen LogP contribution in [0.2, 0.25) is 0 Å². The van der Waals surface area contributed by atoms with E-state index in [1.807, 2.05) is 104 Å². The molecule has 0 bridgehead atoms. The van der Waals surface area contributed by atoms with Crippen LogP contribution in [0.1, 0.15) is 112 Å². The molecule has 0 aliphatic heterocycles. The molecule has 0 saturated heterocycles. The van der Waals surface area contributed by atoms with E-state index in [0.29, 0.717) is 11.3 Å². The van der Waals surface area contributed by atoms with Crippen molar-refractivity contribution >= 4 is 0 Å². The molecule has 5 aromatic heterocycles. The number of hydrogen-bond donors (Lipinski definition) is 0. The monoisotopic (exact) mass is 2340 g/mol. The number of aromatic nitrogens is 5. The fraction of sp³-hybridized carbons (Fsp3) is 0.158. The van der Waals surface area contributed by atoms with Gasteiger partial charge in [0.2, 0.25) is 0 Å². The van der Waals surface area contributed by atoms with Crippen LogP contribution in [0.4, 0.5) is 0 Å². The summed E-state index contributed by atoms with van der Waals surface area (Å²) in [5, 5.41) is 0. The number of rotatable bonds is 13. The van der Waals surface area contributed by atoms with Crippen LogP contribution in [-0.2, 0) is 111 Å². The first-order chi connectivity index (χ1) is 51.7. The van der Waals surface area contributed by atoms with Crippen molar-refractivity contribution in [3.05, 3.63) is 392 Å². The van der Waals surface area contributed by atoms with E-state index >= 15 is 0 Å². The molecule has 5 heterocycles. The van der Waals surface area contributed by atoms with Gasteiger partial charge in [0.05, 0.1) is 0 Å². The Hall–Kier alpha value is -8.80. The molecule has 5 radical (unpaired) electrons. The van der Waals surface area contributed by atoms with E-state index < -0.39 is 0 Å². The molecular weight excluding hydrogens is 2240 g/mol. The fourth-order valence-electron chi connectivity index (χ4n) is 12.5. The summed E-state index contributed by atoms with van der Waals surface area (Å²) in [6, 6.07) is 119. The van der Waals surface area contributed by atoms with Gasteiger partial charge >= 0.3 is 0 Å². The Morgan fingerprint density at radius 3 is 1.07 bits per heavy atom. The second kappa shape index (κ2) is 42.2. The number of benzene rings is 10. The Morgan fingerprint density at radius 1 is 0.333 bits per heavy atom. The van der Waals surface area contributed by atoms with Gasteiger partial charge in [-0.05, 0) is 159 Å². The van der Waals surface area contributed by atoms with Crippen LogP contribution in [0, 0.1) is 44.2 Å². The molecule has 10 aromatic carbocycles. The van der Waals surface area contributed by atoms with Crippen molar-refractivity contribution in [2.45, 2.75) is 104 Å². The van der Waals surface area contributed by atoms with Crippen LogP contribution in [0.25, 0.3) is 112 Å². The van der Waals surface area contributed by atoms with E-state index in [2.05, 4.69) is 335 Å². The third-order valence-corrected chi connectivity index (χ3v) is 19.7. The first-order valence-electron chi connectivity index (χ1n) is 36.8. The minimum atomic E-state index is 0. The van der Waals surface area contributed by atoms with Gasteiger partial charge in [-0.3, -0.25) is 0 Å². The molecule has 10 heteroatoms. The van der Waals surface area contributed by atoms with Gasteiger partial charge in [-0.2, -0.15) is 0 Å². The van der Waals surface area contributed by atoms with Crippen LogP contribution < -0.4 is 0 Å². The molecular formula is C101H88Ir5N5-5. The Morgan fingerprint density at radius 2 is 0.703 bits per heavy atom. The summed E-state index contributed by atoms with van der Waals surface area (Å²) < 4.78 is 0. The van der Waals surface area contributed by atoms with E-state index in [1.54, 1.807) is 0 Å². The maximum atomic E-state index is 4.62. The molecule has 2 saturated carbocycles. The zero-order valence-corrected chi connectivity index (χ0v) is 75.5. The average Bonchev–Trinajstić information content (AvgIpc) is 1.64. The standard InChI is InChI=1S/C21H18N.C21H20N.C20H16N.C20H18N.C19H16N.5Ir/c1-21(11-12-21)19-10-13-22-20(15-19)18-9-5-8-17(14-18)16-6-3-2-4-7-16;1-21(2,3)19-12-13-20(22-15-19)18-11-7-10-17(14-18)16-8-5-4-6-9-16;1-2-5-15(6-3-1)17-7-4-8-19(13-17)20-14-18(11-12-21-20)16-9-10-16;1-15(2)16-9-11-17(12-10-16)18-6-5-7-19(14-18)20-8-3-4-13-21-20;1-14-11-19(20-13-15(14)2)18-10-6-9-17(12-18)16-7-4-3-5-8-16;;;;;/h2-8,10,13-15H,11-12H2,1H3;4-10,12-15H,1-3H3;1-7,11-14,16H,9-10H2;3-6,8-15H,1-2H3;3-9,11-13H,1-2H3;;;;;/q5*-1;;;;;. The molecule has 17 rings (SSSR count). The summed E-state index contributed by atoms with van der Waals surface area (Å²) in [4.78, 5) is 22.6. The predicted octanol–water partition coefficient (Wildman–Crippen LogP) is 26.0. The van der Waals surface area contributed by atoms with Gasteiger partial charge in [-0.1, -0.05) is 241 Å². The predicted molar refractivity (Wildman–Crippen MR) is 441 cm³/mol. The molecule has 0 N–H and O–H groups in total. The normalized spacial score (nSPS) is 11.9. The van der Waals surface area contributed by atoms with Crippen LogP contribution in [-0.4, -0.2) is 24.9 Å². The molecule has 0 amide bonds. The van der Waals surface area contributed by atoms with Gasteiger partial charge in [0.1, 0.15) is 0 Å². The third kappa shape index (κ3) is 24.4. The summed E-state index contributed by atoms with van der Waals surface area (Å²) in [6.45, 7) is 17.6. The van der Waals surface area contributed by atoms with E-state index in [4.69, 9.17) is 0 Å². The van der Waals surface area contributed by atoms with Gasteiger partial charge in [-0.25, -0.2) is 0 Å². The minimum absolute atomic E-state index is 0. The third-order valence-electron chi connectivity index (χ3n) is 19.7. The average molecular weight is 2330 g/mol. The van der Waals surface area contributed by atoms with Crippen LogP contribution >= 0.6 is 0 Å². The van der Waals surface area contributed by atoms with Gasteiger partial charge in [0.15, 0.2) is 0 Å². The topological polar surface area (TPSA) is 64.5 Å². The van der Waals surface area contributed by atoms with Crippen molar-refractivity contribution in [3.8, 4) is 112 Å². The molecule has 0 spiro atoms. The van der Waals surface area contributed by atoms with Gasteiger partial charge < -0.3 is 24.9 Å². The number of aryl methyl sites for hydroxylation is 2. The minimum Gasteiger partial charge on any atom is -0.305 e. The first kappa shape index (κ1) is 87.8. The van der Waals surface area contributed by atoms with Crippen molar-refractivity contribution in [2.24, 2.45) is 0 Å². The molecule has 2 fully saturated rings. The fourth-order valence-corrected chi connectivity index (χ4v) is 12.5. The zero-order chi connectivity index (χ0) is 73.2. The summed E-state index contributed by atoms with van der Waals surface area (Å²) in [5.74, 6) is 1.32. The molecule has 567 valence electrons. The number of nitrogens with zero attached hydrogens (tertiary/aromatic N) is 5. The van der Waals surface area contributed by atoms with Crippen LogP contribution in [0.15, 0.2) is 328 Å². The molecule has 0 unspecified atom stereocenters. The second-order valence-electron chi connectivity index (χ2n) is 29.0. The van der Waals surface area contributed by atoms with Gasteiger partial charge in [0, 0.05) is 132 Å². The molecule has 0 atom stereocenters. The SMILES string of the molecule is CC(C)(C)c1ccc(-c2[c-]ccc(-c3ccccc3)c2)nc1.CC(C)c1ccc(-c2cc[c-]c(-c3ccccn3)c2)cc1.CC1(c2ccnc(-c3[c-]ccc(-c4ccccc4)c3)c2)CC1.Cc1cnc(-c2[c-]ccc(-c3ccccc3)c2)cc1C.[Ir].[Ir].[Ir].[Ir].[Ir].[c-]1ccc(-c2ccccc2)cc1-c1cc(C2CC2)ccn1. The van der Waals surface area contributed by atoms with E-state index in [1.165, 1.54) is 115 Å². The molecule has 15 aromatic rings. The number of hydrogen-bond acceptors (Lipinski definition) is 5. The van der Waals surface area contributed by atoms with Crippen LogP contribution in [0.3, 0.4) is 0 Å². The summed E-state index contributed by atoms with van der Waals surface area (Å²) in [5.41, 5.74) is 30.7. The Balaban J connectivity index is 0.000000172. The molecule has 5 nitrogen and oxygen atoms in total. The Kier molecular flexibility index (Phi) is 33.4. The van der Waals surface area contributed by atoms with Crippen molar-refractivity contribution in [3.63, 3.8) is 0 Å². The maximum absolute atomic E-state index is 4.62. The van der Waals surface area contributed by atoms with Crippen LogP contribution in [0.5, 0.6) is 0 Å². The summed E-state index contributed by atoms with van der Waals surface area (Å²) >= 11 is 0. The van der Waals surface area contributed by atoms with E-state index in [-0.39, 0.29) is 106 Å². The zero-order valence-electron chi connectivity index (χ0n) is 63.6. The molecule has 111 heavy (non-hydrogen) atoms. The smallest absolute Gasteiger partial charge is 0.0198 e. The summed E-state index contributed by atoms with van der Waals surface area (Å²) in [7, 11) is 0. The molecule has 2 aliphatic carbocycles. The Bertz CT molecular complexity index is 5340. The van der Waals surface area contributed by atoms with E-state index in [9.17, 15) is 0 Å².